The molecule has 1 aliphatic heterocycles. The van der Waals surface area contributed by atoms with E-state index in [1.165, 1.54) is 76.5 Å². The van der Waals surface area contributed by atoms with Crippen LogP contribution in [0.3, 0.4) is 0 Å². The molecule has 1 aromatic heterocycles. The van der Waals surface area contributed by atoms with Gasteiger partial charge in [0.05, 0.1) is 11.2 Å². The second-order valence-corrected chi connectivity index (χ2v) is 11.1. The molecule has 1 saturated carbocycles. The highest BCUT2D eigenvalue weighted by molar-refractivity contribution is 5.93. The van der Waals surface area contributed by atoms with Crippen molar-refractivity contribution < 1.29 is 14.3 Å². The van der Waals surface area contributed by atoms with Crippen molar-refractivity contribution in [2.45, 2.75) is 103 Å². The molecule has 0 radical (unpaired) electrons. The molecule has 2 aliphatic rings. The largest absolute Gasteiger partial charge is 0.477 e. The number of benzene rings is 1. The van der Waals surface area contributed by atoms with Gasteiger partial charge in [-0.1, -0.05) is 64.7 Å². The maximum absolute atomic E-state index is 15.3. The van der Waals surface area contributed by atoms with Gasteiger partial charge in [0.2, 0.25) is 5.43 Å². The number of aromatic nitrogens is 1. The predicted molar refractivity (Wildman–Crippen MR) is 148 cm³/mol. The lowest BCUT2D eigenvalue weighted by molar-refractivity contribution is 0.0695. The zero-order valence-electron chi connectivity index (χ0n) is 22.7. The normalized spacial score (nSPS) is 18.6. The van der Waals surface area contributed by atoms with Crippen LogP contribution < -0.4 is 10.3 Å². The van der Waals surface area contributed by atoms with Crippen LogP contribution in [0.15, 0.2) is 23.1 Å². The van der Waals surface area contributed by atoms with Crippen LogP contribution in [0.4, 0.5) is 10.1 Å². The number of fused-ring (bicyclic) bond motifs is 1. The minimum Gasteiger partial charge on any atom is -0.477 e. The highest BCUT2D eigenvalue weighted by atomic mass is 19.1. The number of unbranched alkanes of at least 4 members (excludes halogenated alkanes) is 9. The molecule has 2 aromatic rings. The van der Waals surface area contributed by atoms with Crippen molar-refractivity contribution in [1.82, 2.24) is 9.47 Å². The van der Waals surface area contributed by atoms with E-state index in [-0.39, 0.29) is 17.0 Å². The van der Waals surface area contributed by atoms with Crippen LogP contribution in [0.25, 0.3) is 10.9 Å². The molecule has 6 nitrogen and oxygen atoms in total. The average Bonchev–Trinajstić information content (AvgIpc) is 3.71. The number of nitrogens with zero attached hydrogens (tertiary/aromatic N) is 3. The molecule has 2 heterocycles. The molecule has 4 rings (SSSR count). The topological polar surface area (TPSA) is 65.8 Å². The predicted octanol–water partition coefficient (Wildman–Crippen LogP) is 6.61. The van der Waals surface area contributed by atoms with E-state index in [4.69, 9.17) is 0 Å². The van der Waals surface area contributed by atoms with Gasteiger partial charge in [-0.2, -0.15) is 0 Å². The number of carboxylic acid groups (broad SMARTS) is 1. The molecule has 1 unspecified atom stereocenters. The Hall–Kier alpha value is -2.41. The number of halogens is 1. The van der Waals surface area contributed by atoms with Crippen molar-refractivity contribution in [1.29, 1.82) is 0 Å². The van der Waals surface area contributed by atoms with Crippen LogP contribution in [0, 0.1) is 5.82 Å². The fourth-order valence-corrected chi connectivity index (χ4v) is 5.76. The van der Waals surface area contributed by atoms with Gasteiger partial charge in [-0.3, -0.25) is 9.69 Å². The second-order valence-electron chi connectivity index (χ2n) is 11.1. The van der Waals surface area contributed by atoms with Gasteiger partial charge in [0, 0.05) is 43.3 Å². The van der Waals surface area contributed by atoms with E-state index in [0.29, 0.717) is 17.2 Å². The lowest BCUT2D eigenvalue weighted by atomic mass is 10.1. The number of anilines is 1. The third kappa shape index (κ3) is 6.92. The molecule has 0 spiro atoms. The van der Waals surface area contributed by atoms with Gasteiger partial charge in [0.1, 0.15) is 11.4 Å². The summed E-state index contributed by atoms with van der Waals surface area (Å²) in [5.74, 6) is -1.72. The Kier molecular flexibility index (Phi) is 9.63. The van der Waals surface area contributed by atoms with Gasteiger partial charge in [-0.15, -0.1) is 0 Å². The van der Waals surface area contributed by atoms with Gasteiger partial charge < -0.3 is 14.6 Å². The van der Waals surface area contributed by atoms with E-state index in [9.17, 15) is 14.7 Å². The van der Waals surface area contributed by atoms with E-state index in [1.54, 1.807) is 6.07 Å². The summed E-state index contributed by atoms with van der Waals surface area (Å²) in [6, 6.07) is 3.51. The van der Waals surface area contributed by atoms with Crippen LogP contribution in [-0.2, 0) is 0 Å². The number of pyridine rings is 1. The Labute approximate surface area is 220 Å². The first kappa shape index (κ1) is 27.6. The fraction of sp³-hybridized carbons (Fsp3) is 0.667. The summed E-state index contributed by atoms with van der Waals surface area (Å²) in [4.78, 5) is 28.9. The quantitative estimate of drug-likeness (QED) is 0.288. The van der Waals surface area contributed by atoms with Gasteiger partial charge in [0.25, 0.3) is 0 Å². The van der Waals surface area contributed by atoms with Gasteiger partial charge in [0.15, 0.2) is 0 Å². The van der Waals surface area contributed by atoms with Crippen molar-refractivity contribution in [2.24, 2.45) is 0 Å². The summed E-state index contributed by atoms with van der Waals surface area (Å²) in [7, 11) is 0. The molecule has 204 valence electrons. The number of carbonyl (C=O) groups is 1. The summed E-state index contributed by atoms with van der Waals surface area (Å²) in [5, 5.41) is 9.62. The molecule has 37 heavy (non-hydrogen) atoms. The van der Waals surface area contributed by atoms with Crippen molar-refractivity contribution in [3.8, 4) is 0 Å². The zero-order chi connectivity index (χ0) is 26.4. The highest BCUT2D eigenvalue weighted by Gasteiger charge is 2.29. The van der Waals surface area contributed by atoms with Crippen LogP contribution in [0.5, 0.6) is 0 Å². The van der Waals surface area contributed by atoms with Gasteiger partial charge >= 0.3 is 5.97 Å². The van der Waals surface area contributed by atoms with Crippen molar-refractivity contribution >= 4 is 22.6 Å². The summed E-state index contributed by atoms with van der Waals surface area (Å²) in [5.41, 5.74) is 0.240. The number of piperazine rings is 1. The van der Waals surface area contributed by atoms with E-state index < -0.39 is 17.2 Å². The maximum Gasteiger partial charge on any atom is 0.341 e. The number of aromatic carboxylic acids is 1. The van der Waals surface area contributed by atoms with E-state index in [0.717, 1.165) is 39.0 Å². The first-order valence-corrected chi connectivity index (χ1v) is 14.5. The summed E-state index contributed by atoms with van der Waals surface area (Å²) in [6.45, 7) is 7.93. The highest BCUT2D eigenvalue weighted by Crippen LogP contribution is 2.38. The van der Waals surface area contributed by atoms with Gasteiger partial charge in [-0.25, -0.2) is 9.18 Å². The average molecular weight is 514 g/mol. The van der Waals surface area contributed by atoms with E-state index >= 15 is 4.39 Å². The molecule has 2 fully saturated rings. The molecule has 1 atom stereocenters. The number of rotatable bonds is 14. The molecule has 1 aliphatic carbocycles. The first-order chi connectivity index (χ1) is 17.9. The fourth-order valence-electron chi connectivity index (χ4n) is 5.76. The Bertz CT molecular complexity index is 1130. The molecule has 1 N–H and O–H groups in total. The first-order valence-electron chi connectivity index (χ1n) is 14.5. The summed E-state index contributed by atoms with van der Waals surface area (Å²) >= 11 is 0. The minimum absolute atomic E-state index is 0.153. The van der Waals surface area contributed by atoms with E-state index in [2.05, 4.69) is 23.6 Å². The lowest BCUT2D eigenvalue weighted by Crippen LogP contribution is -2.52. The van der Waals surface area contributed by atoms with Crippen LogP contribution in [0.2, 0.25) is 0 Å². The number of hydrogen-bond acceptors (Lipinski definition) is 4. The monoisotopic (exact) mass is 513 g/mol. The summed E-state index contributed by atoms with van der Waals surface area (Å²) < 4.78 is 17.1. The maximum atomic E-state index is 15.3. The smallest absolute Gasteiger partial charge is 0.341 e. The van der Waals surface area contributed by atoms with Crippen molar-refractivity contribution in [3.63, 3.8) is 0 Å². The van der Waals surface area contributed by atoms with Crippen molar-refractivity contribution in [2.75, 3.05) is 31.1 Å². The minimum atomic E-state index is -1.27. The van der Waals surface area contributed by atoms with Crippen molar-refractivity contribution in [3.05, 3.63) is 39.9 Å². The Morgan fingerprint density at radius 1 is 1.00 bits per heavy atom. The molecular formula is C30H44FN3O3. The van der Waals surface area contributed by atoms with Crippen LogP contribution in [0.1, 0.15) is 107 Å². The molecule has 7 heteroatoms. The molecule has 1 aromatic carbocycles. The molecular weight excluding hydrogens is 469 g/mol. The second kappa shape index (κ2) is 12.9. The van der Waals surface area contributed by atoms with E-state index in [1.807, 2.05) is 4.57 Å². The third-order valence-electron chi connectivity index (χ3n) is 8.18. The Balaban J connectivity index is 1.32. The van der Waals surface area contributed by atoms with Gasteiger partial charge in [-0.05, 0) is 44.9 Å². The zero-order valence-corrected chi connectivity index (χ0v) is 22.7. The van der Waals surface area contributed by atoms with Crippen LogP contribution in [-0.4, -0.2) is 52.8 Å². The Morgan fingerprint density at radius 2 is 1.65 bits per heavy atom. The third-order valence-corrected chi connectivity index (χ3v) is 8.18. The molecule has 0 bridgehead atoms. The SMILES string of the molecule is CCCCCCCCCCCCN1CCN(c2cc3c(cc2F)c(=O)c(C(=O)O)cn3C2CC2)CC1C. The standard InChI is InChI=1S/C30H44FN3O3/c1-3-4-5-6-7-8-9-10-11-12-15-32-16-17-33(20-22(32)2)28-19-27-24(18-26(28)31)29(35)25(30(36)37)21-34(27)23-13-14-23/h18-19,21-23H,3-17,20H2,1-2H3,(H,36,37). The molecule has 1 saturated heterocycles. The molecule has 0 amide bonds. The summed E-state index contributed by atoms with van der Waals surface area (Å²) in [6.07, 6.45) is 16.7. The number of carboxylic acids is 1. The number of hydrogen-bond donors (Lipinski definition) is 1. The van der Waals surface area contributed by atoms with Crippen LogP contribution >= 0.6 is 0 Å². The Morgan fingerprint density at radius 3 is 2.24 bits per heavy atom. The lowest BCUT2D eigenvalue weighted by Gasteiger charge is -2.41.